The maximum absolute atomic E-state index is 9.30. The Morgan fingerprint density at radius 1 is 1.06 bits per heavy atom. The predicted octanol–water partition coefficient (Wildman–Crippen LogP) is 2.24. The molecular weight excluding hydrogens is 222 g/mol. The first-order valence-corrected chi connectivity index (χ1v) is 7.69. The lowest BCUT2D eigenvalue weighted by molar-refractivity contribution is -0.0118. The van der Waals surface area contributed by atoms with E-state index < -0.39 is 0 Å². The van der Waals surface area contributed by atoms with Crippen LogP contribution in [-0.4, -0.2) is 47.6 Å². The summed E-state index contributed by atoms with van der Waals surface area (Å²) < 4.78 is 0. The first kappa shape index (κ1) is 12.4. The maximum Gasteiger partial charge on any atom is 0.0672 e. The summed E-state index contributed by atoms with van der Waals surface area (Å²) in [7, 11) is 0. The van der Waals surface area contributed by atoms with Gasteiger partial charge in [-0.3, -0.25) is 9.80 Å². The van der Waals surface area contributed by atoms with Gasteiger partial charge in [0.25, 0.3) is 0 Å². The first-order chi connectivity index (χ1) is 8.79. The number of nitriles is 1. The number of rotatable bonds is 1. The summed E-state index contributed by atoms with van der Waals surface area (Å²) in [5, 5.41) is 9.30. The molecule has 2 heterocycles. The summed E-state index contributed by atoms with van der Waals surface area (Å²) in [4.78, 5) is 5.37. The van der Waals surface area contributed by atoms with Crippen LogP contribution >= 0.6 is 0 Å². The van der Waals surface area contributed by atoms with Gasteiger partial charge in [-0.25, -0.2) is 0 Å². The third kappa shape index (κ3) is 2.17. The lowest BCUT2D eigenvalue weighted by Gasteiger charge is -2.50. The molecule has 0 aromatic heterocycles. The second kappa shape index (κ2) is 5.19. The summed E-state index contributed by atoms with van der Waals surface area (Å²) in [5.41, 5.74) is 0. The highest BCUT2D eigenvalue weighted by Gasteiger charge is 2.40. The molecule has 0 spiro atoms. The van der Waals surface area contributed by atoms with Crippen LogP contribution in [0.25, 0.3) is 0 Å². The Morgan fingerprint density at radius 2 is 1.94 bits per heavy atom. The quantitative estimate of drug-likeness (QED) is 0.712. The average Bonchev–Trinajstić information content (AvgIpc) is 2.86. The van der Waals surface area contributed by atoms with Crippen molar-refractivity contribution in [2.45, 2.75) is 63.6 Å². The monoisotopic (exact) mass is 247 g/mol. The van der Waals surface area contributed by atoms with E-state index in [1.165, 1.54) is 51.7 Å². The van der Waals surface area contributed by atoms with E-state index in [0.717, 1.165) is 12.5 Å². The lowest BCUT2D eigenvalue weighted by atomic mass is 9.93. The standard InChI is InChI=1S/C15H25N3/c1-12-10-17-8-3-2-6-14(17)11-18(12)15-7-4-5-13(15)9-16/h12-15H,2-8,10-11H2,1H3. The Balaban J connectivity index is 1.70. The molecule has 2 saturated heterocycles. The van der Waals surface area contributed by atoms with Crippen molar-refractivity contribution in [3.05, 3.63) is 0 Å². The molecule has 4 unspecified atom stereocenters. The van der Waals surface area contributed by atoms with Gasteiger partial charge in [0.2, 0.25) is 0 Å². The second-order valence-electron chi connectivity index (χ2n) is 6.42. The van der Waals surface area contributed by atoms with E-state index in [9.17, 15) is 5.26 Å². The highest BCUT2D eigenvalue weighted by molar-refractivity contribution is 5.01. The summed E-state index contributed by atoms with van der Waals surface area (Å²) in [6.45, 7) is 6.09. The highest BCUT2D eigenvalue weighted by Crippen LogP contribution is 2.34. The molecule has 0 radical (unpaired) electrons. The van der Waals surface area contributed by atoms with Crippen LogP contribution in [0, 0.1) is 17.2 Å². The summed E-state index contributed by atoms with van der Waals surface area (Å²) in [6, 6.07) is 4.51. The zero-order valence-corrected chi connectivity index (χ0v) is 11.5. The number of piperazine rings is 1. The van der Waals surface area contributed by atoms with Crippen molar-refractivity contribution in [3.63, 3.8) is 0 Å². The Morgan fingerprint density at radius 3 is 2.78 bits per heavy atom. The first-order valence-electron chi connectivity index (χ1n) is 7.69. The molecule has 1 aliphatic carbocycles. The molecule has 0 bridgehead atoms. The van der Waals surface area contributed by atoms with Gasteiger partial charge < -0.3 is 0 Å². The van der Waals surface area contributed by atoms with Gasteiger partial charge in [-0.2, -0.15) is 5.26 Å². The SMILES string of the molecule is CC1CN2CCCCC2CN1C1CCCC1C#N. The molecule has 3 rings (SSSR count). The molecule has 0 N–H and O–H groups in total. The Labute approximate surface area is 111 Å². The van der Waals surface area contributed by atoms with Gasteiger partial charge in [0, 0.05) is 31.2 Å². The van der Waals surface area contributed by atoms with Crippen molar-refractivity contribution < 1.29 is 0 Å². The fraction of sp³-hybridized carbons (Fsp3) is 0.933. The molecule has 1 saturated carbocycles. The zero-order valence-electron chi connectivity index (χ0n) is 11.5. The van der Waals surface area contributed by atoms with E-state index in [-0.39, 0.29) is 0 Å². The number of nitrogens with zero attached hydrogens (tertiary/aromatic N) is 3. The van der Waals surface area contributed by atoms with Crippen LogP contribution in [0.1, 0.15) is 45.4 Å². The average molecular weight is 247 g/mol. The lowest BCUT2D eigenvalue weighted by Crippen LogP contribution is -2.61. The van der Waals surface area contributed by atoms with Crippen molar-refractivity contribution in [2.75, 3.05) is 19.6 Å². The molecule has 3 aliphatic rings. The van der Waals surface area contributed by atoms with Crippen molar-refractivity contribution in [2.24, 2.45) is 5.92 Å². The minimum atomic E-state index is 0.294. The molecule has 0 amide bonds. The topological polar surface area (TPSA) is 30.3 Å². The van der Waals surface area contributed by atoms with Crippen molar-refractivity contribution in [1.29, 1.82) is 5.26 Å². The molecule has 3 heteroatoms. The number of piperidine rings is 1. The van der Waals surface area contributed by atoms with Crippen molar-refractivity contribution in [1.82, 2.24) is 9.80 Å². The van der Waals surface area contributed by atoms with E-state index >= 15 is 0 Å². The Hall–Kier alpha value is -0.590. The van der Waals surface area contributed by atoms with E-state index in [1.807, 2.05) is 0 Å². The van der Waals surface area contributed by atoms with Crippen LogP contribution in [0.2, 0.25) is 0 Å². The van der Waals surface area contributed by atoms with Crippen LogP contribution < -0.4 is 0 Å². The molecule has 18 heavy (non-hydrogen) atoms. The molecule has 0 aromatic carbocycles. The van der Waals surface area contributed by atoms with Crippen molar-refractivity contribution in [3.8, 4) is 6.07 Å². The maximum atomic E-state index is 9.30. The van der Waals surface area contributed by atoms with Gasteiger partial charge >= 0.3 is 0 Å². The zero-order chi connectivity index (χ0) is 12.5. The van der Waals surface area contributed by atoms with Crippen LogP contribution in [-0.2, 0) is 0 Å². The summed E-state index contributed by atoms with van der Waals surface area (Å²) >= 11 is 0. The number of hydrogen-bond donors (Lipinski definition) is 0. The van der Waals surface area contributed by atoms with Gasteiger partial charge in [-0.05, 0) is 39.2 Å². The smallest absolute Gasteiger partial charge is 0.0672 e. The molecule has 0 aromatic rings. The van der Waals surface area contributed by atoms with Gasteiger partial charge in [-0.1, -0.05) is 12.8 Å². The van der Waals surface area contributed by atoms with Crippen LogP contribution in [0.15, 0.2) is 0 Å². The van der Waals surface area contributed by atoms with Gasteiger partial charge in [0.1, 0.15) is 0 Å². The van der Waals surface area contributed by atoms with Crippen LogP contribution in [0.5, 0.6) is 0 Å². The van der Waals surface area contributed by atoms with Crippen molar-refractivity contribution >= 4 is 0 Å². The van der Waals surface area contributed by atoms with Gasteiger partial charge in [0.15, 0.2) is 0 Å². The fourth-order valence-corrected chi connectivity index (χ4v) is 4.32. The number of hydrogen-bond acceptors (Lipinski definition) is 3. The molecule has 100 valence electrons. The van der Waals surface area contributed by atoms with Gasteiger partial charge in [-0.15, -0.1) is 0 Å². The molecule has 3 nitrogen and oxygen atoms in total. The summed E-state index contributed by atoms with van der Waals surface area (Å²) in [5.74, 6) is 0.294. The predicted molar refractivity (Wildman–Crippen MR) is 72.1 cm³/mol. The fourth-order valence-electron chi connectivity index (χ4n) is 4.32. The molecular formula is C15H25N3. The van der Waals surface area contributed by atoms with Crippen LogP contribution in [0.4, 0.5) is 0 Å². The van der Waals surface area contributed by atoms with E-state index in [2.05, 4.69) is 22.8 Å². The Bertz CT molecular complexity index is 335. The number of fused-ring (bicyclic) bond motifs is 1. The normalized spacial score (nSPS) is 42.4. The largest absolute Gasteiger partial charge is 0.298 e. The molecule has 2 aliphatic heterocycles. The third-order valence-corrected chi connectivity index (χ3v) is 5.31. The Kier molecular flexibility index (Phi) is 3.59. The summed E-state index contributed by atoms with van der Waals surface area (Å²) in [6.07, 6.45) is 7.77. The van der Waals surface area contributed by atoms with E-state index in [0.29, 0.717) is 18.0 Å². The minimum absolute atomic E-state index is 0.294. The molecule has 4 atom stereocenters. The van der Waals surface area contributed by atoms with E-state index in [1.54, 1.807) is 0 Å². The van der Waals surface area contributed by atoms with Crippen LogP contribution in [0.3, 0.4) is 0 Å². The molecule has 3 fully saturated rings. The highest BCUT2D eigenvalue weighted by atomic mass is 15.3. The third-order valence-electron chi connectivity index (χ3n) is 5.31. The van der Waals surface area contributed by atoms with Gasteiger partial charge in [0.05, 0.1) is 12.0 Å². The van der Waals surface area contributed by atoms with E-state index in [4.69, 9.17) is 0 Å². The minimum Gasteiger partial charge on any atom is -0.298 e. The second-order valence-corrected chi connectivity index (χ2v) is 6.42.